The van der Waals surface area contributed by atoms with E-state index < -0.39 is 10.3 Å². The van der Waals surface area contributed by atoms with E-state index in [2.05, 4.69) is 15.9 Å². The molecular formula is C17H23BrO3. The van der Waals surface area contributed by atoms with Crippen molar-refractivity contribution < 1.29 is 14.3 Å². The van der Waals surface area contributed by atoms with Gasteiger partial charge < -0.3 is 4.74 Å². The largest absolute Gasteiger partial charge is 0.464 e. The lowest BCUT2D eigenvalue weighted by atomic mass is 9.92. The van der Waals surface area contributed by atoms with Crippen LogP contribution in [0.25, 0.3) is 0 Å². The molecular weight excluding hydrogens is 332 g/mol. The van der Waals surface area contributed by atoms with Crippen LogP contribution in [0.1, 0.15) is 56.3 Å². The summed E-state index contributed by atoms with van der Waals surface area (Å²) >= 11 is 3.38. The van der Waals surface area contributed by atoms with Gasteiger partial charge in [-0.1, -0.05) is 79.4 Å². The van der Waals surface area contributed by atoms with E-state index in [4.69, 9.17) is 4.74 Å². The van der Waals surface area contributed by atoms with Gasteiger partial charge in [-0.15, -0.1) is 0 Å². The summed E-state index contributed by atoms with van der Waals surface area (Å²) < 4.78 is 4.01. The predicted molar refractivity (Wildman–Crippen MR) is 87.8 cm³/mol. The van der Waals surface area contributed by atoms with Crippen molar-refractivity contribution in [3.63, 3.8) is 0 Å². The zero-order valence-electron chi connectivity index (χ0n) is 12.7. The molecule has 1 aromatic carbocycles. The topological polar surface area (TPSA) is 43.4 Å². The van der Waals surface area contributed by atoms with Gasteiger partial charge in [0.1, 0.15) is 0 Å². The summed E-state index contributed by atoms with van der Waals surface area (Å²) in [4.78, 5) is 25.1. The Morgan fingerprint density at radius 1 is 1.10 bits per heavy atom. The Balaban J connectivity index is 2.91. The number of rotatable bonds is 9. The van der Waals surface area contributed by atoms with Crippen molar-refractivity contribution in [1.82, 2.24) is 0 Å². The Labute approximate surface area is 135 Å². The molecule has 0 aliphatic carbocycles. The summed E-state index contributed by atoms with van der Waals surface area (Å²) in [5, 5.41) is 0. The van der Waals surface area contributed by atoms with Gasteiger partial charge in [0.2, 0.25) is 0 Å². The summed E-state index contributed by atoms with van der Waals surface area (Å²) in [5.74, 6) is -0.698. The van der Waals surface area contributed by atoms with Crippen molar-refractivity contribution >= 4 is 27.7 Å². The molecule has 1 aromatic rings. The lowest BCUT2D eigenvalue weighted by Gasteiger charge is -2.24. The molecule has 0 heterocycles. The van der Waals surface area contributed by atoms with Crippen LogP contribution >= 0.6 is 15.9 Å². The van der Waals surface area contributed by atoms with Crippen LogP contribution < -0.4 is 0 Å². The minimum atomic E-state index is -1.27. The third-order valence-electron chi connectivity index (χ3n) is 3.33. The van der Waals surface area contributed by atoms with E-state index in [1.165, 1.54) is 0 Å². The first-order valence-electron chi connectivity index (χ1n) is 7.52. The summed E-state index contributed by atoms with van der Waals surface area (Å²) in [6, 6.07) is 8.89. The van der Waals surface area contributed by atoms with E-state index >= 15 is 0 Å². The van der Waals surface area contributed by atoms with Crippen molar-refractivity contribution in [1.29, 1.82) is 0 Å². The van der Waals surface area contributed by atoms with Crippen LogP contribution in [0.15, 0.2) is 30.3 Å². The average Bonchev–Trinajstić information content (AvgIpc) is 2.52. The maximum atomic E-state index is 12.7. The number of carbonyl (C=O) groups excluding carboxylic acids is 2. The molecule has 1 atom stereocenters. The van der Waals surface area contributed by atoms with Gasteiger partial charge in [-0.2, -0.15) is 0 Å². The zero-order chi connectivity index (χ0) is 15.7. The first kappa shape index (κ1) is 17.9. The van der Waals surface area contributed by atoms with E-state index in [0.29, 0.717) is 18.6 Å². The van der Waals surface area contributed by atoms with Crippen molar-refractivity contribution in [3.05, 3.63) is 35.9 Å². The average molecular weight is 355 g/mol. The van der Waals surface area contributed by atoms with Crippen LogP contribution in [-0.2, 0) is 9.53 Å². The van der Waals surface area contributed by atoms with Crippen molar-refractivity contribution in [2.24, 2.45) is 0 Å². The number of benzene rings is 1. The number of unbranched alkanes of at least 4 members (excludes halogenated alkanes) is 2. The highest BCUT2D eigenvalue weighted by Crippen LogP contribution is 2.31. The van der Waals surface area contributed by atoms with Crippen molar-refractivity contribution in [2.45, 2.75) is 50.3 Å². The molecule has 0 radical (unpaired) electrons. The van der Waals surface area contributed by atoms with Crippen LogP contribution in [0.5, 0.6) is 0 Å². The summed E-state index contributed by atoms with van der Waals surface area (Å²) in [6.07, 6.45) is 3.90. The third-order valence-corrected chi connectivity index (χ3v) is 4.41. The molecule has 0 aromatic heterocycles. The number of carbonyl (C=O) groups is 2. The highest BCUT2D eigenvalue weighted by atomic mass is 79.9. The van der Waals surface area contributed by atoms with Gasteiger partial charge in [-0.25, -0.2) is 0 Å². The van der Waals surface area contributed by atoms with Crippen LogP contribution in [0.2, 0.25) is 0 Å². The van der Waals surface area contributed by atoms with Crippen molar-refractivity contribution in [3.8, 4) is 0 Å². The van der Waals surface area contributed by atoms with Gasteiger partial charge in [-0.05, 0) is 12.8 Å². The molecule has 3 nitrogen and oxygen atoms in total. The fourth-order valence-electron chi connectivity index (χ4n) is 1.97. The van der Waals surface area contributed by atoms with Gasteiger partial charge in [0.15, 0.2) is 10.1 Å². The lowest BCUT2D eigenvalue weighted by molar-refractivity contribution is -0.145. The first-order valence-corrected chi connectivity index (χ1v) is 8.31. The molecule has 0 aliphatic rings. The Hall–Kier alpha value is -1.16. The monoisotopic (exact) mass is 354 g/mol. The highest BCUT2D eigenvalue weighted by molar-refractivity contribution is 9.10. The number of ketones is 1. The highest BCUT2D eigenvalue weighted by Gasteiger charge is 2.44. The van der Waals surface area contributed by atoms with Gasteiger partial charge in [0.05, 0.1) is 6.61 Å². The summed E-state index contributed by atoms with van der Waals surface area (Å²) in [7, 11) is 0. The Morgan fingerprint density at radius 2 is 1.71 bits per heavy atom. The Morgan fingerprint density at radius 3 is 2.29 bits per heavy atom. The smallest absolute Gasteiger partial charge is 0.330 e. The minimum Gasteiger partial charge on any atom is -0.464 e. The van der Waals surface area contributed by atoms with Crippen LogP contribution in [-0.4, -0.2) is 22.7 Å². The quantitative estimate of drug-likeness (QED) is 0.215. The lowest BCUT2D eigenvalue weighted by Crippen LogP contribution is -2.42. The van der Waals surface area contributed by atoms with E-state index in [1.807, 2.05) is 19.9 Å². The number of alkyl halides is 1. The first-order chi connectivity index (χ1) is 10.1. The van der Waals surface area contributed by atoms with Crippen LogP contribution in [0.4, 0.5) is 0 Å². The third kappa shape index (κ3) is 4.95. The number of hydrogen-bond acceptors (Lipinski definition) is 3. The molecule has 0 spiro atoms. The standard InChI is InChI=1S/C17H23BrO3/c1-3-5-12-17(18,16(20)21-13-6-4-2)15(19)14-10-8-7-9-11-14/h7-11H,3-6,12-13H2,1-2H3. The van der Waals surface area contributed by atoms with Gasteiger partial charge in [0.25, 0.3) is 0 Å². The van der Waals surface area contributed by atoms with E-state index in [-0.39, 0.29) is 5.78 Å². The molecule has 116 valence electrons. The molecule has 0 aliphatic heterocycles. The molecule has 1 rings (SSSR count). The fourth-order valence-corrected chi connectivity index (χ4v) is 2.59. The molecule has 0 bridgehead atoms. The second-order valence-corrected chi connectivity index (χ2v) is 6.44. The van der Waals surface area contributed by atoms with Crippen LogP contribution in [0, 0.1) is 0 Å². The number of halogens is 1. The number of ether oxygens (including phenoxy) is 1. The number of esters is 1. The fraction of sp³-hybridized carbons (Fsp3) is 0.529. The van der Waals surface area contributed by atoms with E-state index in [0.717, 1.165) is 25.7 Å². The normalized spacial score (nSPS) is 13.5. The maximum absolute atomic E-state index is 12.7. The van der Waals surface area contributed by atoms with Crippen LogP contribution in [0.3, 0.4) is 0 Å². The molecule has 0 N–H and O–H groups in total. The van der Waals surface area contributed by atoms with E-state index in [9.17, 15) is 9.59 Å². The Bertz CT molecular complexity index is 458. The second-order valence-electron chi connectivity index (χ2n) is 5.09. The predicted octanol–water partition coefficient (Wildman–Crippen LogP) is 4.54. The van der Waals surface area contributed by atoms with Gasteiger partial charge >= 0.3 is 5.97 Å². The van der Waals surface area contributed by atoms with Gasteiger partial charge in [-0.3, -0.25) is 9.59 Å². The zero-order valence-corrected chi connectivity index (χ0v) is 14.3. The number of Topliss-reactive ketones (excluding diaryl/α,β-unsaturated/α-hetero) is 1. The minimum absolute atomic E-state index is 0.224. The second kappa shape index (κ2) is 8.98. The molecule has 4 heteroatoms. The Kier molecular flexibility index (Phi) is 7.65. The molecule has 0 amide bonds. The molecule has 0 saturated heterocycles. The molecule has 0 fully saturated rings. The van der Waals surface area contributed by atoms with Gasteiger partial charge in [0, 0.05) is 5.56 Å². The SMILES string of the molecule is CCCCOC(=O)C(Br)(CCCC)C(=O)c1ccccc1. The molecule has 0 saturated carbocycles. The maximum Gasteiger partial charge on any atom is 0.330 e. The molecule has 1 unspecified atom stereocenters. The van der Waals surface area contributed by atoms with Crippen molar-refractivity contribution in [2.75, 3.05) is 6.61 Å². The summed E-state index contributed by atoms with van der Waals surface area (Å²) in [5.41, 5.74) is 0.526. The summed E-state index contributed by atoms with van der Waals surface area (Å²) in [6.45, 7) is 4.42. The number of hydrogen-bond donors (Lipinski definition) is 0. The van der Waals surface area contributed by atoms with E-state index in [1.54, 1.807) is 24.3 Å². The molecule has 21 heavy (non-hydrogen) atoms.